The molecule has 0 amide bonds. The van der Waals surface area contributed by atoms with Crippen LogP contribution in [0.25, 0.3) is 11.1 Å². The van der Waals surface area contributed by atoms with Crippen molar-refractivity contribution in [2.45, 2.75) is 0 Å². The van der Waals surface area contributed by atoms with Gasteiger partial charge in [0.1, 0.15) is 0 Å². The van der Waals surface area contributed by atoms with Crippen LogP contribution in [0.4, 0.5) is 5.69 Å². The van der Waals surface area contributed by atoms with Crippen LogP contribution in [0.5, 0.6) is 0 Å². The molecule has 1 nitrogen and oxygen atoms in total. The van der Waals surface area contributed by atoms with Crippen LogP contribution in [-0.4, -0.2) is 0 Å². The summed E-state index contributed by atoms with van der Waals surface area (Å²) in [5.41, 5.74) is 8.99. The Bertz CT molecular complexity index is 479. The number of anilines is 1. The summed E-state index contributed by atoms with van der Waals surface area (Å²) in [6.45, 7) is 0. The zero-order chi connectivity index (χ0) is 10.8. The molecule has 0 fully saturated rings. The summed E-state index contributed by atoms with van der Waals surface area (Å²) >= 11 is 5.69. The largest absolute Gasteiger partial charge is 0.398 e. The molecular weight excluding hydrogens is 365 g/mol. The second-order valence-corrected chi connectivity index (χ2v) is 5.40. The van der Waals surface area contributed by atoms with E-state index in [2.05, 4.69) is 62.8 Å². The SMILES string of the molecule is Nc1cc(Br)ccc1-c1ccc(I)cc1. The van der Waals surface area contributed by atoms with Gasteiger partial charge in [-0.15, -0.1) is 0 Å². The Morgan fingerprint density at radius 3 is 2.27 bits per heavy atom. The van der Waals surface area contributed by atoms with Gasteiger partial charge in [-0.25, -0.2) is 0 Å². The topological polar surface area (TPSA) is 26.0 Å². The molecule has 3 heteroatoms. The van der Waals surface area contributed by atoms with Gasteiger partial charge in [0, 0.05) is 19.3 Å². The molecule has 0 aromatic heterocycles. The quantitative estimate of drug-likeness (QED) is 0.585. The Morgan fingerprint density at radius 2 is 1.67 bits per heavy atom. The highest BCUT2D eigenvalue weighted by molar-refractivity contribution is 14.1. The van der Waals surface area contributed by atoms with Gasteiger partial charge in [0.15, 0.2) is 0 Å². The predicted molar refractivity (Wildman–Crippen MR) is 76.7 cm³/mol. The molecule has 0 saturated carbocycles. The molecule has 0 radical (unpaired) electrons. The third kappa shape index (κ3) is 2.52. The fraction of sp³-hybridized carbons (Fsp3) is 0. The van der Waals surface area contributed by atoms with E-state index in [1.807, 2.05) is 18.2 Å². The van der Waals surface area contributed by atoms with Gasteiger partial charge in [0.2, 0.25) is 0 Å². The van der Waals surface area contributed by atoms with Crippen molar-refractivity contribution in [3.05, 3.63) is 50.5 Å². The molecule has 0 aliphatic carbocycles. The van der Waals surface area contributed by atoms with Gasteiger partial charge in [-0.05, 0) is 52.4 Å². The summed E-state index contributed by atoms with van der Waals surface area (Å²) in [4.78, 5) is 0. The van der Waals surface area contributed by atoms with Crippen LogP contribution in [0.2, 0.25) is 0 Å². The van der Waals surface area contributed by atoms with E-state index >= 15 is 0 Å². The number of rotatable bonds is 1. The summed E-state index contributed by atoms with van der Waals surface area (Å²) < 4.78 is 2.24. The van der Waals surface area contributed by atoms with E-state index in [1.165, 1.54) is 3.57 Å². The lowest BCUT2D eigenvalue weighted by Gasteiger charge is -2.06. The zero-order valence-electron chi connectivity index (χ0n) is 7.87. The van der Waals surface area contributed by atoms with Crippen molar-refractivity contribution >= 4 is 44.2 Å². The van der Waals surface area contributed by atoms with E-state index in [0.29, 0.717) is 0 Å². The van der Waals surface area contributed by atoms with E-state index in [0.717, 1.165) is 21.3 Å². The summed E-state index contributed by atoms with van der Waals surface area (Å²) in [5, 5.41) is 0. The average Bonchev–Trinajstić information content (AvgIpc) is 2.20. The Balaban J connectivity index is 2.49. The molecule has 0 aliphatic rings. The fourth-order valence-electron chi connectivity index (χ4n) is 1.43. The molecule has 0 bridgehead atoms. The first-order valence-corrected chi connectivity index (χ1v) is 6.35. The minimum absolute atomic E-state index is 0.797. The van der Waals surface area contributed by atoms with Crippen molar-refractivity contribution < 1.29 is 0 Å². The van der Waals surface area contributed by atoms with Gasteiger partial charge < -0.3 is 5.73 Å². The summed E-state index contributed by atoms with van der Waals surface area (Å²) in [7, 11) is 0. The molecule has 0 saturated heterocycles. The van der Waals surface area contributed by atoms with Gasteiger partial charge >= 0.3 is 0 Å². The second-order valence-electron chi connectivity index (χ2n) is 3.24. The van der Waals surface area contributed by atoms with Gasteiger partial charge in [-0.1, -0.05) is 34.1 Å². The average molecular weight is 374 g/mol. The van der Waals surface area contributed by atoms with Crippen LogP contribution in [0.15, 0.2) is 46.9 Å². The molecule has 76 valence electrons. The van der Waals surface area contributed by atoms with E-state index in [4.69, 9.17) is 5.73 Å². The van der Waals surface area contributed by atoms with E-state index in [-0.39, 0.29) is 0 Å². The Kier molecular flexibility index (Phi) is 3.31. The number of hydrogen-bond acceptors (Lipinski definition) is 1. The lowest BCUT2D eigenvalue weighted by molar-refractivity contribution is 1.57. The van der Waals surface area contributed by atoms with Gasteiger partial charge in [-0.3, -0.25) is 0 Å². The van der Waals surface area contributed by atoms with Crippen molar-refractivity contribution in [2.75, 3.05) is 5.73 Å². The standard InChI is InChI=1S/C12H9BrIN/c13-9-3-6-11(12(15)7-9)8-1-4-10(14)5-2-8/h1-7H,15H2. The summed E-state index contributed by atoms with van der Waals surface area (Å²) in [6.07, 6.45) is 0. The lowest BCUT2D eigenvalue weighted by atomic mass is 10.0. The third-order valence-electron chi connectivity index (χ3n) is 2.17. The lowest BCUT2D eigenvalue weighted by Crippen LogP contribution is -1.89. The maximum atomic E-state index is 5.96. The number of nitrogen functional groups attached to an aromatic ring is 1. The molecule has 0 unspecified atom stereocenters. The number of benzene rings is 2. The second kappa shape index (κ2) is 4.53. The molecule has 2 aromatic carbocycles. The molecular formula is C12H9BrIN. The monoisotopic (exact) mass is 373 g/mol. The molecule has 2 rings (SSSR count). The zero-order valence-corrected chi connectivity index (χ0v) is 11.6. The van der Waals surface area contributed by atoms with Crippen LogP contribution in [0, 0.1) is 3.57 Å². The van der Waals surface area contributed by atoms with E-state index in [9.17, 15) is 0 Å². The van der Waals surface area contributed by atoms with Gasteiger partial charge in [0.05, 0.1) is 0 Å². The van der Waals surface area contributed by atoms with Gasteiger partial charge in [-0.2, -0.15) is 0 Å². The van der Waals surface area contributed by atoms with Crippen LogP contribution in [0.3, 0.4) is 0 Å². The van der Waals surface area contributed by atoms with Crippen LogP contribution in [-0.2, 0) is 0 Å². The van der Waals surface area contributed by atoms with Crippen molar-refractivity contribution in [1.29, 1.82) is 0 Å². The molecule has 2 aromatic rings. The van der Waals surface area contributed by atoms with Crippen molar-refractivity contribution in [3.8, 4) is 11.1 Å². The molecule has 2 N–H and O–H groups in total. The molecule has 0 atom stereocenters. The van der Waals surface area contributed by atoms with Crippen molar-refractivity contribution in [3.63, 3.8) is 0 Å². The minimum Gasteiger partial charge on any atom is -0.398 e. The van der Waals surface area contributed by atoms with Crippen molar-refractivity contribution in [2.24, 2.45) is 0 Å². The first kappa shape index (κ1) is 11.0. The maximum absolute atomic E-state index is 5.96. The number of nitrogens with two attached hydrogens (primary N) is 1. The van der Waals surface area contributed by atoms with Crippen LogP contribution < -0.4 is 5.73 Å². The molecule has 0 aliphatic heterocycles. The van der Waals surface area contributed by atoms with Crippen LogP contribution >= 0.6 is 38.5 Å². The van der Waals surface area contributed by atoms with E-state index in [1.54, 1.807) is 0 Å². The highest BCUT2D eigenvalue weighted by atomic mass is 127. The highest BCUT2D eigenvalue weighted by Gasteiger charge is 2.02. The Labute approximate surface area is 111 Å². The van der Waals surface area contributed by atoms with Crippen molar-refractivity contribution in [1.82, 2.24) is 0 Å². The number of hydrogen-bond donors (Lipinski definition) is 1. The first-order chi connectivity index (χ1) is 7.16. The predicted octanol–water partition coefficient (Wildman–Crippen LogP) is 4.30. The summed E-state index contributed by atoms with van der Waals surface area (Å²) in [6, 6.07) is 14.3. The first-order valence-electron chi connectivity index (χ1n) is 4.48. The van der Waals surface area contributed by atoms with E-state index < -0.39 is 0 Å². The number of halogens is 2. The normalized spacial score (nSPS) is 10.3. The minimum atomic E-state index is 0.797. The fourth-order valence-corrected chi connectivity index (χ4v) is 2.16. The summed E-state index contributed by atoms with van der Waals surface area (Å²) in [5.74, 6) is 0. The third-order valence-corrected chi connectivity index (χ3v) is 3.38. The van der Waals surface area contributed by atoms with Crippen LogP contribution in [0.1, 0.15) is 0 Å². The highest BCUT2D eigenvalue weighted by Crippen LogP contribution is 2.28. The van der Waals surface area contributed by atoms with Gasteiger partial charge in [0.25, 0.3) is 0 Å². The Hall–Kier alpha value is -0.550. The molecule has 15 heavy (non-hydrogen) atoms. The maximum Gasteiger partial charge on any atom is 0.0405 e. The Morgan fingerprint density at radius 1 is 1.00 bits per heavy atom. The smallest absolute Gasteiger partial charge is 0.0405 e. The molecule has 0 heterocycles. The molecule has 0 spiro atoms.